The van der Waals surface area contributed by atoms with E-state index in [0.717, 1.165) is 17.0 Å². The van der Waals surface area contributed by atoms with Crippen molar-refractivity contribution < 1.29 is 4.74 Å². The third-order valence-electron chi connectivity index (χ3n) is 2.71. The van der Waals surface area contributed by atoms with Gasteiger partial charge in [-0.2, -0.15) is 5.10 Å². The number of ether oxygens (including phenoxy) is 1. The first-order valence-corrected chi connectivity index (χ1v) is 5.48. The second-order valence-electron chi connectivity index (χ2n) is 3.66. The highest BCUT2D eigenvalue weighted by atomic mass is 79.9. The number of likely N-dealkylation sites (N-methyl/N-ethyl adjacent to an activating group) is 1. The number of halogens is 1. The Kier molecular flexibility index (Phi) is 2.78. The number of aromatic nitrogens is 2. The Morgan fingerprint density at radius 1 is 1.64 bits per heavy atom. The molecular weight excluding hydrogens is 246 g/mol. The fraction of sp³-hybridized carbons (Fsp3) is 0.667. The third-order valence-corrected chi connectivity index (χ3v) is 3.61. The van der Waals surface area contributed by atoms with E-state index in [2.05, 4.69) is 33.0 Å². The molecule has 1 fully saturated rings. The Labute approximate surface area is 92.0 Å². The number of hydrogen-bond donors (Lipinski definition) is 0. The fourth-order valence-corrected chi connectivity index (χ4v) is 1.77. The Balaban J connectivity index is 1.88. The van der Waals surface area contributed by atoms with Crippen LogP contribution in [0.15, 0.2) is 10.8 Å². The van der Waals surface area contributed by atoms with E-state index in [4.69, 9.17) is 4.74 Å². The molecule has 0 spiro atoms. The van der Waals surface area contributed by atoms with E-state index in [0.29, 0.717) is 6.04 Å². The van der Waals surface area contributed by atoms with Gasteiger partial charge in [0.1, 0.15) is 11.2 Å². The van der Waals surface area contributed by atoms with Crippen molar-refractivity contribution in [2.75, 3.05) is 20.2 Å². The molecule has 1 saturated heterocycles. The molecule has 0 radical (unpaired) electrons. The predicted molar refractivity (Wildman–Crippen MR) is 57.4 cm³/mol. The first-order chi connectivity index (χ1) is 6.68. The van der Waals surface area contributed by atoms with E-state index in [1.165, 1.54) is 13.0 Å². The minimum Gasteiger partial charge on any atom is -0.487 e. The molecule has 0 amide bonds. The van der Waals surface area contributed by atoms with E-state index in [1.807, 2.05) is 7.05 Å². The van der Waals surface area contributed by atoms with Crippen molar-refractivity contribution >= 4 is 15.9 Å². The molecule has 0 aromatic carbocycles. The number of hydrogen-bond acceptors (Lipinski definition) is 3. The summed E-state index contributed by atoms with van der Waals surface area (Å²) in [5, 5.41) is 4.09. The molecule has 1 aliphatic rings. The topological polar surface area (TPSA) is 30.3 Å². The molecule has 2 heterocycles. The number of likely N-dealkylation sites (tertiary alicyclic amines) is 1. The van der Waals surface area contributed by atoms with Crippen LogP contribution in [0.3, 0.4) is 0 Å². The first-order valence-electron chi connectivity index (χ1n) is 4.69. The molecule has 1 aromatic heterocycles. The van der Waals surface area contributed by atoms with Crippen LogP contribution in [-0.2, 0) is 7.05 Å². The molecule has 1 aliphatic heterocycles. The smallest absolute Gasteiger partial charge is 0.171 e. The summed E-state index contributed by atoms with van der Waals surface area (Å²) in [6.45, 7) is 1.93. The standard InChI is InChI=1S/C9H14BrN3O/c1-12-4-3-7(12)6-14-8-5-11-13(2)9(8)10/h5,7H,3-4,6H2,1-2H3/t7-/m1/s1. The van der Waals surface area contributed by atoms with Crippen LogP contribution in [0.4, 0.5) is 0 Å². The summed E-state index contributed by atoms with van der Waals surface area (Å²) in [7, 11) is 4.00. The van der Waals surface area contributed by atoms with Crippen LogP contribution in [-0.4, -0.2) is 40.9 Å². The van der Waals surface area contributed by atoms with Gasteiger partial charge < -0.3 is 4.74 Å². The lowest BCUT2D eigenvalue weighted by atomic mass is 10.1. The Hall–Kier alpha value is -0.550. The zero-order valence-corrected chi connectivity index (χ0v) is 9.99. The van der Waals surface area contributed by atoms with Crippen molar-refractivity contribution in [1.29, 1.82) is 0 Å². The number of rotatable bonds is 3. The van der Waals surface area contributed by atoms with Gasteiger partial charge >= 0.3 is 0 Å². The summed E-state index contributed by atoms with van der Waals surface area (Å²) >= 11 is 3.42. The van der Waals surface area contributed by atoms with Crippen LogP contribution >= 0.6 is 15.9 Å². The zero-order chi connectivity index (χ0) is 10.1. The van der Waals surface area contributed by atoms with Crippen LogP contribution in [0.25, 0.3) is 0 Å². The molecule has 0 N–H and O–H groups in total. The summed E-state index contributed by atoms with van der Waals surface area (Å²) in [6, 6.07) is 0.571. The van der Waals surface area contributed by atoms with E-state index in [1.54, 1.807) is 10.9 Å². The lowest BCUT2D eigenvalue weighted by Gasteiger charge is -2.37. The maximum absolute atomic E-state index is 5.66. The Morgan fingerprint density at radius 3 is 2.86 bits per heavy atom. The minimum atomic E-state index is 0.571. The molecule has 4 nitrogen and oxygen atoms in total. The maximum atomic E-state index is 5.66. The molecule has 78 valence electrons. The SMILES string of the molecule is CN1CC[C@@H]1COc1cnn(C)c1Br. The normalized spacial score (nSPS) is 22.1. The Morgan fingerprint density at radius 2 is 2.43 bits per heavy atom. The molecule has 0 saturated carbocycles. The average molecular weight is 260 g/mol. The average Bonchev–Trinajstić information content (AvgIpc) is 2.47. The van der Waals surface area contributed by atoms with Crippen molar-refractivity contribution in [3.05, 3.63) is 10.8 Å². The van der Waals surface area contributed by atoms with Crippen LogP contribution in [0.2, 0.25) is 0 Å². The molecule has 0 bridgehead atoms. The van der Waals surface area contributed by atoms with Crippen LogP contribution in [0, 0.1) is 0 Å². The van der Waals surface area contributed by atoms with Gasteiger partial charge in [-0.1, -0.05) is 0 Å². The van der Waals surface area contributed by atoms with Gasteiger partial charge in [-0.15, -0.1) is 0 Å². The van der Waals surface area contributed by atoms with Crippen molar-refractivity contribution in [1.82, 2.24) is 14.7 Å². The van der Waals surface area contributed by atoms with E-state index in [-0.39, 0.29) is 0 Å². The summed E-state index contributed by atoms with van der Waals surface area (Å²) in [6.07, 6.45) is 2.97. The molecule has 1 aromatic rings. The van der Waals surface area contributed by atoms with Crippen molar-refractivity contribution in [2.45, 2.75) is 12.5 Å². The summed E-state index contributed by atoms with van der Waals surface area (Å²) in [5.74, 6) is 0.827. The molecule has 2 rings (SSSR count). The second-order valence-corrected chi connectivity index (χ2v) is 4.41. The molecule has 0 aliphatic carbocycles. The van der Waals surface area contributed by atoms with Gasteiger partial charge in [0.25, 0.3) is 0 Å². The highest BCUT2D eigenvalue weighted by molar-refractivity contribution is 9.10. The number of nitrogens with zero attached hydrogens (tertiary/aromatic N) is 3. The molecular formula is C9H14BrN3O. The van der Waals surface area contributed by atoms with Crippen LogP contribution in [0.1, 0.15) is 6.42 Å². The third kappa shape index (κ3) is 1.79. The highest BCUT2D eigenvalue weighted by Gasteiger charge is 2.24. The molecule has 0 unspecified atom stereocenters. The zero-order valence-electron chi connectivity index (χ0n) is 8.40. The minimum absolute atomic E-state index is 0.571. The van der Waals surface area contributed by atoms with Crippen LogP contribution < -0.4 is 4.74 Å². The highest BCUT2D eigenvalue weighted by Crippen LogP contribution is 2.24. The summed E-state index contributed by atoms with van der Waals surface area (Å²) in [4.78, 5) is 2.30. The summed E-state index contributed by atoms with van der Waals surface area (Å²) in [5.41, 5.74) is 0. The van der Waals surface area contributed by atoms with Crippen molar-refractivity contribution in [3.63, 3.8) is 0 Å². The number of aryl methyl sites for hydroxylation is 1. The lowest BCUT2D eigenvalue weighted by molar-refractivity contribution is 0.0765. The van der Waals surface area contributed by atoms with E-state index < -0.39 is 0 Å². The van der Waals surface area contributed by atoms with Crippen molar-refractivity contribution in [3.8, 4) is 5.75 Å². The molecule has 5 heteroatoms. The van der Waals surface area contributed by atoms with Gasteiger partial charge in [0.05, 0.1) is 6.20 Å². The van der Waals surface area contributed by atoms with Gasteiger partial charge in [-0.3, -0.25) is 9.58 Å². The van der Waals surface area contributed by atoms with Gasteiger partial charge in [-0.25, -0.2) is 0 Å². The Bertz CT molecular complexity index is 326. The first kappa shape index (κ1) is 9.98. The molecule has 1 atom stereocenters. The van der Waals surface area contributed by atoms with Gasteiger partial charge in [-0.05, 0) is 35.9 Å². The fourth-order valence-electron chi connectivity index (χ4n) is 1.47. The lowest BCUT2D eigenvalue weighted by Crippen LogP contribution is -2.48. The van der Waals surface area contributed by atoms with Crippen molar-refractivity contribution in [2.24, 2.45) is 7.05 Å². The monoisotopic (exact) mass is 259 g/mol. The second kappa shape index (κ2) is 3.90. The van der Waals surface area contributed by atoms with Gasteiger partial charge in [0.2, 0.25) is 0 Å². The molecule has 14 heavy (non-hydrogen) atoms. The van der Waals surface area contributed by atoms with E-state index in [9.17, 15) is 0 Å². The van der Waals surface area contributed by atoms with Gasteiger partial charge in [0, 0.05) is 13.1 Å². The largest absolute Gasteiger partial charge is 0.487 e. The van der Waals surface area contributed by atoms with Gasteiger partial charge in [0.15, 0.2) is 5.75 Å². The quantitative estimate of drug-likeness (QED) is 0.819. The van der Waals surface area contributed by atoms with E-state index >= 15 is 0 Å². The summed E-state index contributed by atoms with van der Waals surface area (Å²) < 4.78 is 8.31. The maximum Gasteiger partial charge on any atom is 0.171 e. The van der Waals surface area contributed by atoms with Crippen LogP contribution in [0.5, 0.6) is 5.75 Å². The predicted octanol–water partition coefficient (Wildman–Crippen LogP) is 1.27.